The van der Waals surface area contributed by atoms with Crippen molar-refractivity contribution in [2.75, 3.05) is 48.3 Å². The van der Waals surface area contributed by atoms with E-state index in [4.69, 9.17) is 0 Å². The van der Waals surface area contributed by atoms with Gasteiger partial charge >= 0.3 is 6.18 Å². The molecule has 0 radical (unpaired) electrons. The van der Waals surface area contributed by atoms with Gasteiger partial charge in [0, 0.05) is 61.2 Å². The van der Waals surface area contributed by atoms with Gasteiger partial charge in [0.05, 0.1) is 10.5 Å². The Hall–Kier alpha value is -3.31. The Morgan fingerprint density at radius 1 is 1.08 bits per heavy atom. The summed E-state index contributed by atoms with van der Waals surface area (Å²) >= 11 is 4.12. The molecule has 0 unspecified atom stereocenters. The van der Waals surface area contributed by atoms with Crippen molar-refractivity contribution >= 4 is 47.7 Å². The maximum atomic E-state index is 13.7. The summed E-state index contributed by atoms with van der Waals surface area (Å²) in [5.41, 5.74) is 0.827. The van der Waals surface area contributed by atoms with E-state index in [0.717, 1.165) is 37.3 Å². The Morgan fingerprint density at radius 3 is 2.41 bits per heavy atom. The number of likely N-dealkylation sites (N-methyl/N-ethyl adjacent to an activating group) is 1. The van der Waals surface area contributed by atoms with Crippen LogP contribution in [0, 0.1) is 6.92 Å². The Balaban J connectivity index is 1.84. The molecule has 3 rings (SSSR count). The number of piperazine rings is 1. The first kappa shape index (κ1) is 28.3. The third kappa shape index (κ3) is 7.59. The zero-order valence-electron chi connectivity index (χ0n) is 20.9. The minimum absolute atomic E-state index is 0.0863. The van der Waals surface area contributed by atoms with Gasteiger partial charge in [-0.05, 0) is 56.3 Å². The van der Waals surface area contributed by atoms with Gasteiger partial charge in [0.25, 0.3) is 11.8 Å². The summed E-state index contributed by atoms with van der Waals surface area (Å²) in [4.78, 5) is 33.4. The highest BCUT2D eigenvalue weighted by atomic mass is 32.1. The number of hydrogen-bond donors (Lipinski definition) is 3. The molecular formula is C26H30F3N5O2S. The number of thiol groups is 1. The molecule has 2 amide bonds. The number of carbonyl (C=O) groups is 2. The van der Waals surface area contributed by atoms with Gasteiger partial charge in [0.2, 0.25) is 0 Å². The minimum Gasteiger partial charge on any atom is -0.369 e. The molecule has 2 aromatic rings. The van der Waals surface area contributed by atoms with E-state index in [1.807, 2.05) is 11.8 Å². The first-order valence-electron chi connectivity index (χ1n) is 11.8. The average Bonchev–Trinajstić information content (AvgIpc) is 2.88. The van der Waals surface area contributed by atoms with E-state index in [2.05, 4.69) is 33.2 Å². The lowest BCUT2D eigenvalue weighted by Gasteiger charge is -2.36. The van der Waals surface area contributed by atoms with Crippen molar-refractivity contribution in [1.82, 2.24) is 4.90 Å². The number of nitrogens with one attached hydrogen (secondary N) is 2. The van der Waals surface area contributed by atoms with Crippen LogP contribution in [0.25, 0.3) is 0 Å². The van der Waals surface area contributed by atoms with Crippen LogP contribution in [0.15, 0.2) is 52.5 Å². The lowest BCUT2D eigenvalue weighted by Crippen LogP contribution is -2.46. The van der Waals surface area contributed by atoms with E-state index in [9.17, 15) is 22.8 Å². The molecule has 1 aliphatic heterocycles. The summed E-state index contributed by atoms with van der Waals surface area (Å²) in [6, 6.07) is 8.25. The molecular weight excluding hydrogens is 503 g/mol. The normalized spacial score (nSPS) is 15.2. The van der Waals surface area contributed by atoms with Gasteiger partial charge in [0.15, 0.2) is 0 Å². The molecule has 37 heavy (non-hydrogen) atoms. The van der Waals surface area contributed by atoms with Crippen LogP contribution in [0.4, 0.5) is 30.2 Å². The first-order chi connectivity index (χ1) is 17.5. The molecule has 198 valence electrons. The number of alkyl halides is 3. The van der Waals surface area contributed by atoms with Gasteiger partial charge in [-0.25, -0.2) is 0 Å². The van der Waals surface area contributed by atoms with Crippen LogP contribution < -0.4 is 15.5 Å². The predicted molar refractivity (Wildman–Crippen MR) is 145 cm³/mol. The summed E-state index contributed by atoms with van der Waals surface area (Å²) < 4.78 is 41.0. The number of hydrogen-bond acceptors (Lipinski definition) is 6. The van der Waals surface area contributed by atoms with Crippen molar-refractivity contribution in [2.24, 2.45) is 4.99 Å². The molecule has 0 saturated carbocycles. The summed E-state index contributed by atoms with van der Waals surface area (Å²) in [5.74, 6) is -1.18. The van der Waals surface area contributed by atoms with Crippen LogP contribution in [0.2, 0.25) is 0 Å². The number of carbonyl (C=O) groups excluding carboxylic acids is 2. The van der Waals surface area contributed by atoms with E-state index in [1.165, 1.54) is 24.5 Å². The standard InChI is InChI=1S/C26H30F3N5O2S/c1-4-30-16-23(37)25(36)32-22-15-20(7-6-17(22)3)31-24(35)18-12-19(26(27,28)29)14-21(13-18)34-10-8-33(5-2)9-11-34/h4,6-7,12-16,37H,5,8-11H2,1-3H3,(H,31,35)(H,32,36)/b23-16-,30-4?. The van der Waals surface area contributed by atoms with Gasteiger partial charge in [0.1, 0.15) is 0 Å². The van der Waals surface area contributed by atoms with E-state index >= 15 is 0 Å². The van der Waals surface area contributed by atoms with E-state index in [-0.39, 0.29) is 10.5 Å². The molecule has 1 saturated heterocycles. The van der Waals surface area contributed by atoms with E-state index in [1.54, 1.807) is 26.0 Å². The zero-order chi connectivity index (χ0) is 27.2. The number of rotatable bonds is 7. The van der Waals surface area contributed by atoms with Gasteiger partial charge in [-0.1, -0.05) is 13.0 Å². The van der Waals surface area contributed by atoms with Crippen molar-refractivity contribution in [3.05, 3.63) is 64.2 Å². The molecule has 2 N–H and O–H groups in total. The average molecular weight is 534 g/mol. The largest absolute Gasteiger partial charge is 0.416 e. The fourth-order valence-electron chi connectivity index (χ4n) is 3.84. The summed E-state index contributed by atoms with van der Waals surface area (Å²) in [6.07, 6.45) is -1.79. The zero-order valence-corrected chi connectivity index (χ0v) is 21.8. The third-order valence-corrected chi connectivity index (χ3v) is 6.33. The van der Waals surface area contributed by atoms with Crippen molar-refractivity contribution in [2.45, 2.75) is 26.9 Å². The van der Waals surface area contributed by atoms with Crippen LogP contribution in [-0.4, -0.2) is 55.7 Å². The third-order valence-electron chi connectivity index (χ3n) is 6.01. The maximum Gasteiger partial charge on any atom is 0.416 e. The monoisotopic (exact) mass is 533 g/mol. The van der Waals surface area contributed by atoms with Crippen LogP contribution in [0.5, 0.6) is 0 Å². The summed E-state index contributed by atoms with van der Waals surface area (Å²) in [7, 11) is 0. The Bertz CT molecular complexity index is 1210. The number of aliphatic imine (C=N–C) groups is 1. The smallest absolute Gasteiger partial charge is 0.369 e. The highest BCUT2D eigenvalue weighted by Gasteiger charge is 2.32. The highest BCUT2D eigenvalue weighted by Crippen LogP contribution is 2.34. The molecule has 1 aliphatic rings. The Morgan fingerprint density at radius 2 is 1.78 bits per heavy atom. The van der Waals surface area contributed by atoms with Crippen LogP contribution in [0.1, 0.15) is 35.3 Å². The Labute approximate surface area is 219 Å². The van der Waals surface area contributed by atoms with Crippen molar-refractivity contribution < 1.29 is 22.8 Å². The summed E-state index contributed by atoms with van der Waals surface area (Å²) in [5, 5.41) is 5.34. The van der Waals surface area contributed by atoms with Crippen molar-refractivity contribution in [3.63, 3.8) is 0 Å². The molecule has 0 atom stereocenters. The van der Waals surface area contributed by atoms with Crippen LogP contribution >= 0.6 is 12.6 Å². The second kappa shape index (κ2) is 12.3. The van der Waals surface area contributed by atoms with Gasteiger partial charge in [-0.3, -0.25) is 14.6 Å². The molecule has 7 nitrogen and oxygen atoms in total. The number of benzene rings is 2. The lowest BCUT2D eigenvalue weighted by atomic mass is 10.1. The molecule has 0 bridgehead atoms. The molecule has 2 aromatic carbocycles. The molecule has 0 aromatic heterocycles. The quantitative estimate of drug-likeness (QED) is 0.260. The number of halogens is 3. The number of amides is 2. The number of nitrogens with zero attached hydrogens (tertiary/aromatic N) is 3. The number of aryl methyl sites for hydroxylation is 1. The fourth-order valence-corrected chi connectivity index (χ4v) is 3.96. The van der Waals surface area contributed by atoms with Gasteiger partial charge < -0.3 is 20.4 Å². The SMILES string of the molecule is CC=N/C=C(\S)C(=O)Nc1cc(NC(=O)c2cc(N3CCN(CC)CC3)cc(C(F)(F)F)c2)ccc1C. The minimum atomic E-state index is -4.60. The van der Waals surface area contributed by atoms with Crippen molar-refractivity contribution in [3.8, 4) is 0 Å². The molecule has 0 spiro atoms. The maximum absolute atomic E-state index is 13.7. The van der Waals surface area contributed by atoms with Crippen LogP contribution in [-0.2, 0) is 11.0 Å². The van der Waals surface area contributed by atoms with E-state index in [0.29, 0.717) is 30.2 Å². The van der Waals surface area contributed by atoms with Gasteiger partial charge in [-0.2, -0.15) is 13.2 Å². The highest BCUT2D eigenvalue weighted by molar-refractivity contribution is 7.85. The molecule has 0 aliphatic carbocycles. The molecule has 1 fully saturated rings. The second-order valence-electron chi connectivity index (χ2n) is 8.55. The lowest BCUT2D eigenvalue weighted by molar-refractivity contribution is -0.137. The topological polar surface area (TPSA) is 77.0 Å². The van der Waals surface area contributed by atoms with Crippen LogP contribution in [0.3, 0.4) is 0 Å². The van der Waals surface area contributed by atoms with Gasteiger partial charge in [-0.15, -0.1) is 12.6 Å². The molecule has 11 heteroatoms. The summed E-state index contributed by atoms with van der Waals surface area (Å²) in [6.45, 7) is 9.00. The Kier molecular flexibility index (Phi) is 9.39. The predicted octanol–water partition coefficient (Wildman–Crippen LogP) is 5.21. The van der Waals surface area contributed by atoms with Crippen molar-refractivity contribution in [1.29, 1.82) is 0 Å². The fraction of sp³-hybridized carbons (Fsp3) is 0.346. The van der Waals surface area contributed by atoms with E-state index < -0.39 is 23.6 Å². The molecule has 1 heterocycles. The first-order valence-corrected chi connectivity index (χ1v) is 12.3. The number of anilines is 3. The second-order valence-corrected chi connectivity index (χ2v) is 9.03.